The van der Waals surface area contributed by atoms with Gasteiger partial charge in [-0.15, -0.1) is 0 Å². The fraction of sp³-hybridized carbons (Fsp3) is 0.800. The number of hydrogen-bond donors (Lipinski definition) is 2. The third-order valence-corrected chi connectivity index (χ3v) is 1.16. The number of nitrogens with two attached hydrogens (primary N) is 1. The average molecular weight is 153 g/mol. The molecule has 0 heterocycles. The number of aliphatic carboxylic acids is 1. The van der Waals surface area contributed by atoms with E-state index in [4.69, 9.17) is 10.7 Å². The Balaban J connectivity index is 4.68. The van der Waals surface area contributed by atoms with E-state index in [1.165, 1.54) is 11.8 Å². The van der Waals surface area contributed by atoms with Gasteiger partial charge in [0, 0.05) is 1.37 Å². The molecular formula is C5H11NO2S. The van der Waals surface area contributed by atoms with Gasteiger partial charge >= 0.3 is 5.97 Å². The molecule has 2 atom stereocenters. The molecule has 0 fully saturated rings. The lowest BCUT2D eigenvalue weighted by Gasteiger charge is -2.02. The van der Waals surface area contributed by atoms with Crippen molar-refractivity contribution in [1.82, 2.24) is 0 Å². The van der Waals surface area contributed by atoms with Gasteiger partial charge in [0.25, 0.3) is 0 Å². The molecule has 0 aliphatic heterocycles. The van der Waals surface area contributed by atoms with Crippen LogP contribution in [-0.2, 0) is 4.79 Å². The maximum Gasteiger partial charge on any atom is 0.320 e. The molecule has 0 aromatic heterocycles. The zero-order valence-electron chi connectivity index (χ0n) is 9.00. The largest absolute Gasteiger partial charge is 0.480 e. The Morgan fingerprint density at radius 2 is 3.00 bits per heavy atom. The van der Waals surface area contributed by atoms with Gasteiger partial charge in [0.2, 0.25) is 0 Å². The van der Waals surface area contributed by atoms with E-state index in [1.807, 2.05) is 0 Å². The van der Waals surface area contributed by atoms with Crippen molar-refractivity contribution >= 4 is 17.7 Å². The Kier molecular flexibility index (Phi) is 1.97. The van der Waals surface area contributed by atoms with Crippen LogP contribution in [0.5, 0.6) is 0 Å². The fourth-order valence-electron chi connectivity index (χ4n) is 0.250. The van der Waals surface area contributed by atoms with Crippen molar-refractivity contribution in [3.8, 4) is 0 Å². The fourth-order valence-corrected chi connectivity index (χ4v) is 0.574. The standard InChI is InChI=1S/C5H11NO2S/c1-9-3-2-4(6)5(7)8/h4H,2-3,6H2,1H3,(H,7,8)/t4-/m0/s1/i2D,4D/hD2/t2?,4-. The first-order valence-electron chi connectivity index (χ1n) is 4.27. The Morgan fingerprint density at radius 1 is 2.33 bits per heavy atom. The topological polar surface area (TPSA) is 63.3 Å². The van der Waals surface area contributed by atoms with E-state index in [9.17, 15) is 4.79 Å². The highest BCUT2D eigenvalue weighted by molar-refractivity contribution is 7.98. The van der Waals surface area contributed by atoms with Gasteiger partial charge in [-0.1, -0.05) is 0 Å². The molecule has 0 spiro atoms. The minimum absolute atomic E-state index is 0.101. The molecular weight excluding hydrogens is 138 g/mol. The van der Waals surface area contributed by atoms with Crippen LogP contribution >= 0.6 is 11.8 Å². The van der Waals surface area contributed by atoms with Gasteiger partial charge in [0.1, 0.15) is 8.84 Å². The summed E-state index contributed by atoms with van der Waals surface area (Å²) in [5, 5.41) is 8.60. The molecule has 0 rings (SSSR count). The highest BCUT2D eigenvalue weighted by Crippen LogP contribution is 1.97. The van der Waals surface area contributed by atoms with Crippen LogP contribution in [-0.4, -0.2) is 29.1 Å². The van der Waals surface area contributed by atoms with Crippen molar-refractivity contribution in [1.29, 1.82) is 0 Å². The Hall–Kier alpha value is -0.220. The van der Waals surface area contributed by atoms with Gasteiger partial charge in [-0.25, -0.2) is 0 Å². The van der Waals surface area contributed by atoms with Gasteiger partial charge < -0.3 is 10.8 Å². The number of rotatable bonds is 5. The second-order valence-corrected chi connectivity index (χ2v) is 2.26. The lowest BCUT2D eigenvalue weighted by atomic mass is 10.2. The number of carbonyl (C=O) groups is 1. The van der Waals surface area contributed by atoms with E-state index in [0.717, 1.165) is 0 Å². The molecule has 54 valence electrons. The van der Waals surface area contributed by atoms with E-state index < -0.39 is 18.4 Å². The van der Waals surface area contributed by atoms with Crippen LogP contribution in [0.4, 0.5) is 0 Å². The predicted octanol–water partition coefficient (Wildman–Crippen LogP) is 0.151. The normalized spacial score (nSPS) is 26.9. The predicted molar refractivity (Wildman–Crippen MR) is 38.6 cm³/mol. The molecule has 0 aliphatic rings. The third-order valence-electron chi connectivity index (χ3n) is 0.662. The molecule has 9 heavy (non-hydrogen) atoms. The summed E-state index contributed by atoms with van der Waals surface area (Å²) >= 11 is 1.21. The minimum Gasteiger partial charge on any atom is -0.480 e. The zero-order valence-corrected chi connectivity index (χ0v) is 5.81. The van der Waals surface area contributed by atoms with Crippen molar-refractivity contribution in [3.05, 3.63) is 0 Å². The van der Waals surface area contributed by atoms with E-state index in [-0.39, 0.29) is 11.5 Å². The molecule has 0 bridgehead atoms. The van der Waals surface area contributed by atoms with Crippen LogP contribution in [0.1, 0.15) is 9.14 Å². The molecule has 0 amide bonds. The van der Waals surface area contributed by atoms with Crippen molar-refractivity contribution in [2.24, 2.45) is 5.72 Å². The third kappa shape index (κ3) is 4.29. The van der Waals surface area contributed by atoms with Crippen LogP contribution in [0.2, 0.25) is 2.82 Å². The smallest absolute Gasteiger partial charge is 0.320 e. The summed E-state index contributed by atoms with van der Waals surface area (Å²) in [7, 11) is 0. The van der Waals surface area contributed by atoms with Crippen molar-refractivity contribution in [2.75, 3.05) is 12.0 Å². The quantitative estimate of drug-likeness (QED) is 0.590. The number of carboxylic acid groups (broad SMARTS) is 1. The van der Waals surface area contributed by atoms with Gasteiger partial charge in [0.05, 0.1) is 1.37 Å². The zero-order chi connectivity index (χ0) is 10.6. The summed E-state index contributed by atoms with van der Waals surface area (Å²) in [4.78, 5) is 10.6. The summed E-state index contributed by atoms with van der Waals surface area (Å²) in [6.07, 6.45) is 0.345. The SMILES string of the molecule is [2H]C(CSC)[C@@]([2H])(C(=O)O)N([2H])[2H]. The maximum atomic E-state index is 10.6. The first kappa shape index (κ1) is 3.83. The van der Waals surface area contributed by atoms with Gasteiger partial charge in [0.15, 0.2) is 0 Å². The summed E-state index contributed by atoms with van der Waals surface area (Å²) in [6, 6.07) is -2.51. The highest BCUT2D eigenvalue weighted by atomic mass is 32.2. The summed E-state index contributed by atoms with van der Waals surface area (Å²) in [6.45, 7) is 0. The van der Waals surface area contributed by atoms with E-state index in [2.05, 4.69) is 0 Å². The van der Waals surface area contributed by atoms with Crippen molar-refractivity contribution in [2.45, 2.75) is 12.4 Å². The molecule has 0 aromatic carbocycles. The van der Waals surface area contributed by atoms with Crippen LogP contribution in [0, 0.1) is 0 Å². The minimum atomic E-state index is -2.51. The number of thioether (sulfide) groups is 1. The first-order chi connectivity index (χ1) is 5.87. The Labute approximate surface area is 64.4 Å². The number of carboxylic acids is 1. The van der Waals surface area contributed by atoms with Crippen LogP contribution in [0.25, 0.3) is 0 Å². The molecule has 3 N–H and O–H groups in total. The second-order valence-electron chi connectivity index (χ2n) is 1.35. The van der Waals surface area contributed by atoms with Crippen LogP contribution in [0.15, 0.2) is 0 Å². The van der Waals surface area contributed by atoms with Gasteiger partial charge in [-0.05, 0) is 18.4 Å². The van der Waals surface area contributed by atoms with Gasteiger partial charge in [-0.3, -0.25) is 4.79 Å². The molecule has 0 aromatic rings. The average Bonchev–Trinajstić information content (AvgIpc) is 2.02. The first-order valence-corrected chi connectivity index (χ1v) is 3.69. The summed E-state index contributed by atoms with van der Waals surface area (Å²) < 4.78 is 28.2. The molecule has 3 nitrogen and oxygen atoms in total. The monoisotopic (exact) mass is 153 g/mol. The number of hydrogen-bond acceptors (Lipinski definition) is 3. The molecule has 0 saturated heterocycles. The molecule has 0 radical (unpaired) electrons. The molecule has 1 unspecified atom stereocenters. The van der Waals surface area contributed by atoms with Crippen molar-refractivity contribution < 1.29 is 15.5 Å². The highest BCUT2D eigenvalue weighted by Gasteiger charge is 2.08. The van der Waals surface area contributed by atoms with E-state index in [0.29, 0.717) is 0 Å². The second kappa shape index (κ2) is 4.64. The molecule has 0 saturated carbocycles. The molecule has 4 heteroatoms. The van der Waals surface area contributed by atoms with Crippen molar-refractivity contribution in [3.63, 3.8) is 0 Å². The van der Waals surface area contributed by atoms with Crippen LogP contribution in [0.3, 0.4) is 0 Å². The lowest BCUT2D eigenvalue weighted by molar-refractivity contribution is -0.138. The Morgan fingerprint density at radius 3 is 3.33 bits per heavy atom. The van der Waals surface area contributed by atoms with Crippen LogP contribution < -0.4 is 5.72 Å². The van der Waals surface area contributed by atoms with E-state index >= 15 is 0 Å². The Bertz CT molecular complexity index is 193. The lowest BCUT2D eigenvalue weighted by Crippen LogP contribution is -2.30. The molecule has 0 aliphatic carbocycles. The van der Waals surface area contributed by atoms with E-state index in [1.54, 1.807) is 6.26 Å². The summed E-state index contributed by atoms with van der Waals surface area (Å²) in [5.41, 5.74) is -0.247. The van der Waals surface area contributed by atoms with Gasteiger partial charge in [-0.2, -0.15) is 11.8 Å². The maximum absolute atomic E-state index is 10.6. The summed E-state index contributed by atoms with van der Waals surface area (Å²) in [5.74, 6) is -1.55.